The van der Waals surface area contributed by atoms with Crippen molar-refractivity contribution in [3.05, 3.63) is 82.0 Å². The fourth-order valence-corrected chi connectivity index (χ4v) is 3.56. The Hall–Kier alpha value is -4.30. The van der Waals surface area contributed by atoms with E-state index in [1.807, 2.05) is 0 Å². The van der Waals surface area contributed by atoms with Gasteiger partial charge >= 0.3 is 0 Å². The molecule has 4 rings (SSSR count). The van der Waals surface area contributed by atoms with Crippen molar-refractivity contribution in [3.63, 3.8) is 0 Å². The van der Waals surface area contributed by atoms with E-state index in [-0.39, 0.29) is 22.8 Å². The second-order valence-corrected chi connectivity index (χ2v) is 7.99. The zero-order chi connectivity index (χ0) is 24.9. The highest BCUT2D eigenvalue weighted by atomic mass is 35.5. The number of hydrogen-bond donors (Lipinski definition) is 2. The molecule has 0 saturated carbocycles. The molecule has 0 aliphatic rings. The molecule has 0 aliphatic carbocycles. The van der Waals surface area contributed by atoms with Crippen LogP contribution in [0.5, 0.6) is 11.5 Å². The van der Waals surface area contributed by atoms with Gasteiger partial charge in [0.15, 0.2) is 12.4 Å². The Bertz CT molecular complexity index is 1450. The first-order chi connectivity index (χ1) is 16.8. The minimum absolute atomic E-state index is 0.110. The van der Waals surface area contributed by atoms with Crippen molar-refractivity contribution in [2.24, 2.45) is 0 Å². The third-order valence-corrected chi connectivity index (χ3v) is 5.23. The van der Waals surface area contributed by atoms with Gasteiger partial charge in [0.25, 0.3) is 5.91 Å². The second kappa shape index (κ2) is 10.3. The highest BCUT2D eigenvalue weighted by molar-refractivity contribution is 6.31. The number of rotatable bonds is 7. The molecule has 4 aromatic rings. The monoisotopic (exact) mass is 492 g/mol. The van der Waals surface area contributed by atoms with Crippen molar-refractivity contribution in [2.75, 3.05) is 24.4 Å². The van der Waals surface area contributed by atoms with E-state index in [0.29, 0.717) is 33.3 Å². The molecule has 2 N–H and O–H groups in total. The van der Waals surface area contributed by atoms with Crippen LogP contribution in [0.15, 0.2) is 75.9 Å². The molecule has 8 nitrogen and oxygen atoms in total. The normalized spacial score (nSPS) is 10.6. The highest BCUT2D eigenvalue weighted by Crippen LogP contribution is 2.32. The Kier molecular flexibility index (Phi) is 7.03. The van der Waals surface area contributed by atoms with Crippen LogP contribution in [0, 0.1) is 0 Å². The van der Waals surface area contributed by atoms with Gasteiger partial charge in [-0.1, -0.05) is 11.6 Å². The fourth-order valence-electron chi connectivity index (χ4n) is 3.39. The van der Waals surface area contributed by atoms with Gasteiger partial charge in [0.05, 0.1) is 12.5 Å². The minimum Gasteiger partial charge on any atom is -0.497 e. The molecular formula is C26H21ClN2O6. The van der Waals surface area contributed by atoms with E-state index >= 15 is 0 Å². The van der Waals surface area contributed by atoms with Crippen molar-refractivity contribution >= 4 is 45.8 Å². The number of halogens is 1. The van der Waals surface area contributed by atoms with E-state index in [4.69, 9.17) is 25.5 Å². The number of carbonyl (C=O) groups is 2. The third kappa shape index (κ3) is 5.62. The molecule has 1 heterocycles. The van der Waals surface area contributed by atoms with Gasteiger partial charge in [-0.3, -0.25) is 14.4 Å². The molecule has 3 aromatic carbocycles. The lowest BCUT2D eigenvalue weighted by atomic mass is 10.1. The molecule has 0 unspecified atom stereocenters. The maximum Gasteiger partial charge on any atom is 0.262 e. The van der Waals surface area contributed by atoms with Gasteiger partial charge in [0, 0.05) is 28.9 Å². The summed E-state index contributed by atoms with van der Waals surface area (Å²) < 4.78 is 16.9. The van der Waals surface area contributed by atoms with Crippen molar-refractivity contribution in [1.29, 1.82) is 0 Å². The van der Waals surface area contributed by atoms with Crippen LogP contribution in [-0.2, 0) is 9.59 Å². The second-order valence-electron chi connectivity index (χ2n) is 7.55. The van der Waals surface area contributed by atoms with E-state index in [9.17, 15) is 14.4 Å². The molecule has 0 bridgehead atoms. The van der Waals surface area contributed by atoms with Crippen molar-refractivity contribution in [2.45, 2.75) is 6.92 Å². The lowest BCUT2D eigenvalue weighted by molar-refractivity contribution is -0.118. The van der Waals surface area contributed by atoms with Gasteiger partial charge in [-0.25, -0.2) is 0 Å². The van der Waals surface area contributed by atoms with Gasteiger partial charge in [0.2, 0.25) is 17.1 Å². The summed E-state index contributed by atoms with van der Waals surface area (Å²) >= 11 is 6.07. The SMILES string of the molecule is COc1ccc(-c2oc3ccc(Cl)cc3c(=O)c2OCC(=O)Nc2ccc(NC(C)=O)cc2)cc1. The van der Waals surface area contributed by atoms with Gasteiger partial charge in [0.1, 0.15) is 11.3 Å². The predicted molar refractivity (Wildman–Crippen MR) is 134 cm³/mol. The molecule has 0 fully saturated rings. The summed E-state index contributed by atoms with van der Waals surface area (Å²) in [5.41, 5.74) is 1.56. The summed E-state index contributed by atoms with van der Waals surface area (Å²) in [5, 5.41) is 5.94. The predicted octanol–water partition coefficient (Wildman–Crippen LogP) is 5.10. The van der Waals surface area contributed by atoms with E-state index in [1.54, 1.807) is 67.8 Å². The number of carbonyl (C=O) groups excluding carboxylic acids is 2. The number of ether oxygens (including phenoxy) is 2. The summed E-state index contributed by atoms with van der Waals surface area (Å²) in [6.45, 7) is 0.970. The van der Waals surface area contributed by atoms with Crippen LogP contribution in [0.4, 0.5) is 11.4 Å². The quantitative estimate of drug-likeness (QED) is 0.372. The summed E-state index contributed by atoms with van der Waals surface area (Å²) in [7, 11) is 1.55. The summed E-state index contributed by atoms with van der Waals surface area (Å²) in [6, 6.07) is 18.2. The third-order valence-electron chi connectivity index (χ3n) is 5.00. The Labute approximate surface area is 205 Å². The van der Waals surface area contributed by atoms with Gasteiger partial charge in [-0.05, 0) is 66.7 Å². The Balaban J connectivity index is 1.60. The summed E-state index contributed by atoms with van der Waals surface area (Å²) in [4.78, 5) is 36.9. The maximum absolute atomic E-state index is 13.3. The Morgan fingerprint density at radius 3 is 2.23 bits per heavy atom. The minimum atomic E-state index is -0.483. The standard InChI is InChI=1S/C26H21ClN2O6/c1-15(30)28-18-6-8-19(9-7-18)29-23(31)14-34-26-24(32)21-13-17(27)5-12-22(21)35-25(26)16-3-10-20(33-2)11-4-16/h3-13H,14H2,1-2H3,(H,28,30)(H,29,31). The first kappa shape index (κ1) is 23.8. The van der Waals surface area contributed by atoms with Crippen molar-refractivity contribution in [1.82, 2.24) is 0 Å². The van der Waals surface area contributed by atoms with E-state index in [0.717, 1.165) is 0 Å². The molecule has 0 saturated heterocycles. The highest BCUT2D eigenvalue weighted by Gasteiger charge is 2.19. The van der Waals surface area contributed by atoms with Gasteiger partial charge in [-0.15, -0.1) is 0 Å². The maximum atomic E-state index is 13.3. The van der Waals surface area contributed by atoms with Gasteiger partial charge in [-0.2, -0.15) is 0 Å². The topological polar surface area (TPSA) is 107 Å². The van der Waals surface area contributed by atoms with Crippen molar-refractivity contribution < 1.29 is 23.5 Å². The first-order valence-corrected chi connectivity index (χ1v) is 10.9. The summed E-state index contributed by atoms with van der Waals surface area (Å²) in [6.07, 6.45) is 0. The number of nitrogens with one attached hydrogen (secondary N) is 2. The molecule has 0 atom stereocenters. The molecule has 178 valence electrons. The first-order valence-electron chi connectivity index (χ1n) is 10.5. The number of anilines is 2. The number of benzene rings is 3. The van der Waals surface area contributed by atoms with Crippen LogP contribution in [0.2, 0.25) is 5.02 Å². The zero-order valence-electron chi connectivity index (χ0n) is 18.9. The van der Waals surface area contributed by atoms with Gasteiger partial charge < -0.3 is 24.5 Å². The Morgan fingerprint density at radius 1 is 0.943 bits per heavy atom. The lowest BCUT2D eigenvalue weighted by Crippen LogP contribution is -2.22. The zero-order valence-corrected chi connectivity index (χ0v) is 19.6. The van der Waals surface area contributed by atoms with Crippen LogP contribution in [0.1, 0.15) is 6.92 Å². The molecule has 9 heteroatoms. The lowest BCUT2D eigenvalue weighted by Gasteiger charge is -2.12. The van der Waals surface area contributed by atoms with Crippen LogP contribution in [-0.4, -0.2) is 25.5 Å². The molecule has 0 spiro atoms. The van der Waals surface area contributed by atoms with E-state index in [1.165, 1.54) is 13.0 Å². The number of fused-ring (bicyclic) bond motifs is 1. The summed E-state index contributed by atoms with van der Waals surface area (Å²) in [5.74, 6) is 0.0259. The molecule has 2 amide bonds. The van der Waals surface area contributed by atoms with E-state index < -0.39 is 17.9 Å². The Morgan fingerprint density at radius 2 is 1.60 bits per heavy atom. The van der Waals surface area contributed by atoms with Crippen LogP contribution >= 0.6 is 11.6 Å². The molecule has 0 radical (unpaired) electrons. The average Bonchev–Trinajstić information content (AvgIpc) is 2.84. The number of methoxy groups -OCH3 is 1. The number of hydrogen-bond acceptors (Lipinski definition) is 6. The molecule has 35 heavy (non-hydrogen) atoms. The average molecular weight is 493 g/mol. The molecule has 0 aliphatic heterocycles. The largest absolute Gasteiger partial charge is 0.497 e. The number of amides is 2. The van der Waals surface area contributed by atoms with Crippen LogP contribution < -0.4 is 25.5 Å². The van der Waals surface area contributed by atoms with E-state index in [2.05, 4.69) is 10.6 Å². The molecule has 1 aromatic heterocycles. The fraction of sp³-hybridized carbons (Fsp3) is 0.115. The smallest absolute Gasteiger partial charge is 0.262 e. The van der Waals surface area contributed by atoms with Crippen molar-refractivity contribution in [3.8, 4) is 22.8 Å². The van der Waals surface area contributed by atoms with Crippen LogP contribution in [0.25, 0.3) is 22.3 Å². The van der Waals surface area contributed by atoms with Crippen LogP contribution in [0.3, 0.4) is 0 Å². The molecular weight excluding hydrogens is 472 g/mol.